The summed E-state index contributed by atoms with van der Waals surface area (Å²) in [6.45, 7) is 14.2. The summed E-state index contributed by atoms with van der Waals surface area (Å²) in [5.41, 5.74) is 3.20. The van der Waals surface area contributed by atoms with Crippen LogP contribution >= 0.6 is 0 Å². The zero-order chi connectivity index (χ0) is 11.4. The van der Waals surface area contributed by atoms with Gasteiger partial charge in [0.2, 0.25) is 0 Å². The van der Waals surface area contributed by atoms with Crippen LogP contribution in [-0.4, -0.2) is 12.8 Å². The Bertz CT molecular complexity index is 265. The van der Waals surface area contributed by atoms with E-state index in [0.717, 1.165) is 17.1 Å². The highest BCUT2D eigenvalue weighted by Crippen LogP contribution is 2.17. The number of hydrogen-bond acceptors (Lipinski definition) is 2. The van der Waals surface area contributed by atoms with Gasteiger partial charge in [0, 0.05) is 29.6 Å². The highest BCUT2D eigenvalue weighted by atomic mass is 14.9. The van der Waals surface area contributed by atoms with Gasteiger partial charge < -0.3 is 5.32 Å². The summed E-state index contributed by atoms with van der Waals surface area (Å²) in [5, 5.41) is 3.17. The minimum atomic E-state index is 0.0900. The molecular weight excluding hydrogens is 172 g/mol. The van der Waals surface area contributed by atoms with Gasteiger partial charge in [-0.1, -0.05) is 27.4 Å². The first-order valence-corrected chi connectivity index (χ1v) is 4.85. The smallest absolute Gasteiger partial charge is 0.0415 e. The van der Waals surface area contributed by atoms with Gasteiger partial charge in [-0.05, 0) is 19.9 Å². The van der Waals surface area contributed by atoms with E-state index in [1.165, 1.54) is 0 Å². The second-order valence-electron chi connectivity index (χ2n) is 4.59. The molecule has 0 aromatic rings. The molecule has 2 heteroatoms. The average molecular weight is 194 g/mol. The highest BCUT2D eigenvalue weighted by molar-refractivity contribution is 5.99. The van der Waals surface area contributed by atoms with Crippen molar-refractivity contribution >= 4 is 5.71 Å². The van der Waals surface area contributed by atoms with Crippen molar-refractivity contribution in [1.82, 2.24) is 5.32 Å². The van der Waals surface area contributed by atoms with Crippen LogP contribution in [0.3, 0.4) is 0 Å². The standard InChI is InChI=1S/C12H22N2/c1-9(2)14-10(3)8-11(13-7)12(4,5)6/h8,14H,1H2,2-7H3/b10-8+,13-11+. The third-order valence-electron chi connectivity index (χ3n) is 1.77. The molecule has 0 aliphatic carbocycles. The van der Waals surface area contributed by atoms with Crippen molar-refractivity contribution in [2.75, 3.05) is 7.05 Å². The van der Waals surface area contributed by atoms with E-state index < -0.39 is 0 Å². The predicted molar refractivity (Wildman–Crippen MR) is 64.5 cm³/mol. The van der Waals surface area contributed by atoms with Gasteiger partial charge in [0.05, 0.1) is 0 Å². The summed E-state index contributed by atoms with van der Waals surface area (Å²) in [6.07, 6.45) is 2.06. The van der Waals surface area contributed by atoms with Crippen LogP contribution in [0.1, 0.15) is 34.6 Å². The number of rotatable bonds is 3. The second kappa shape index (κ2) is 4.99. The summed E-state index contributed by atoms with van der Waals surface area (Å²) in [4.78, 5) is 4.28. The van der Waals surface area contributed by atoms with Crippen molar-refractivity contribution < 1.29 is 0 Å². The minimum Gasteiger partial charge on any atom is -0.363 e. The molecule has 0 aromatic carbocycles. The molecule has 0 fully saturated rings. The van der Waals surface area contributed by atoms with Gasteiger partial charge in [-0.3, -0.25) is 4.99 Å². The maximum atomic E-state index is 4.28. The fraction of sp³-hybridized carbons (Fsp3) is 0.583. The Hall–Kier alpha value is -1.05. The third kappa shape index (κ3) is 4.85. The van der Waals surface area contributed by atoms with E-state index in [2.05, 4.69) is 43.7 Å². The first-order chi connectivity index (χ1) is 6.27. The lowest BCUT2D eigenvalue weighted by Crippen LogP contribution is -2.20. The average Bonchev–Trinajstić information content (AvgIpc) is 1.96. The lowest BCUT2D eigenvalue weighted by Gasteiger charge is -2.19. The molecule has 0 bridgehead atoms. The molecule has 0 amide bonds. The Labute approximate surface area is 87.8 Å². The van der Waals surface area contributed by atoms with Crippen LogP contribution in [0.5, 0.6) is 0 Å². The topological polar surface area (TPSA) is 24.4 Å². The zero-order valence-electron chi connectivity index (χ0n) is 10.2. The van der Waals surface area contributed by atoms with E-state index in [0.29, 0.717) is 0 Å². The first kappa shape index (κ1) is 12.9. The van der Waals surface area contributed by atoms with Gasteiger partial charge in [0.1, 0.15) is 0 Å². The lowest BCUT2D eigenvalue weighted by molar-refractivity contribution is 0.592. The van der Waals surface area contributed by atoms with Crippen LogP contribution in [0.2, 0.25) is 0 Å². The normalized spacial score (nSPS) is 14.1. The van der Waals surface area contributed by atoms with Crippen LogP contribution < -0.4 is 5.32 Å². The predicted octanol–water partition coefficient (Wildman–Crippen LogP) is 3.13. The zero-order valence-corrected chi connectivity index (χ0v) is 10.2. The van der Waals surface area contributed by atoms with E-state index >= 15 is 0 Å². The molecule has 0 saturated carbocycles. The van der Waals surface area contributed by atoms with E-state index in [1.54, 1.807) is 0 Å². The molecule has 1 N–H and O–H groups in total. The molecule has 0 unspecified atom stereocenters. The van der Waals surface area contributed by atoms with Crippen molar-refractivity contribution in [2.24, 2.45) is 10.4 Å². The Kier molecular flexibility index (Phi) is 4.61. The minimum absolute atomic E-state index is 0.0900. The number of aliphatic imine (C=N–C) groups is 1. The molecule has 0 rings (SSSR count). The third-order valence-corrected chi connectivity index (χ3v) is 1.77. The van der Waals surface area contributed by atoms with E-state index in [9.17, 15) is 0 Å². The molecule has 0 saturated heterocycles. The van der Waals surface area contributed by atoms with Gasteiger partial charge in [-0.15, -0.1) is 0 Å². The molecule has 14 heavy (non-hydrogen) atoms. The molecular formula is C12H22N2. The van der Waals surface area contributed by atoms with Crippen LogP contribution in [0.4, 0.5) is 0 Å². The number of hydrogen-bond donors (Lipinski definition) is 1. The molecule has 80 valence electrons. The van der Waals surface area contributed by atoms with E-state index in [4.69, 9.17) is 0 Å². The molecule has 0 aliphatic rings. The van der Waals surface area contributed by atoms with Gasteiger partial charge in [0.25, 0.3) is 0 Å². The first-order valence-electron chi connectivity index (χ1n) is 4.85. The Morgan fingerprint density at radius 2 is 1.79 bits per heavy atom. The number of nitrogens with one attached hydrogen (secondary N) is 1. The maximum absolute atomic E-state index is 4.28. The summed E-state index contributed by atoms with van der Waals surface area (Å²) in [7, 11) is 1.82. The van der Waals surface area contributed by atoms with Gasteiger partial charge in [0.15, 0.2) is 0 Å². The molecule has 0 heterocycles. The van der Waals surface area contributed by atoms with Gasteiger partial charge >= 0.3 is 0 Å². The van der Waals surface area contributed by atoms with Crippen LogP contribution in [0.15, 0.2) is 29.0 Å². The monoisotopic (exact) mass is 194 g/mol. The SMILES string of the molecule is C=C(C)N/C(C)=C/C(=N\C)C(C)(C)C. The molecule has 0 aromatic heterocycles. The highest BCUT2D eigenvalue weighted by Gasteiger charge is 2.15. The van der Waals surface area contributed by atoms with Crippen molar-refractivity contribution in [1.29, 1.82) is 0 Å². The summed E-state index contributed by atoms with van der Waals surface area (Å²) >= 11 is 0. The molecule has 2 nitrogen and oxygen atoms in total. The quantitative estimate of drug-likeness (QED) is 0.686. The van der Waals surface area contributed by atoms with Crippen molar-refractivity contribution in [3.05, 3.63) is 24.0 Å². The van der Waals surface area contributed by atoms with Crippen molar-refractivity contribution in [2.45, 2.75) is 34.6 Å². The number of nitrogens with zero attached hydrogens (tertiary/aromatic N) is 1. The van der Waals surface area contributed by atoms with Crippen LogP contribution in [0, 0.1) is 5.41 Å². The lowest BCUT2D eigenvalue weighted by atomic mass is 9.89. The Balaban J connectivity index is 4.70. The molecule has 0 aliphatic heterocycles. The fourth-order valence-corrected chi connectivity index (χ4v) is 1.19. The molecule has 0 atom stereocenters. The summed E-state index contributed by atoms with van der Waals surface area (Å²) < 4.78 is 0. The van der Waals surface area contributed by atoms with Crippen molar-refractivity contribution in [3.63, 3.8) is 0 Å². The van der Waals surface area contributed by atoms with Gasteiger partial charge in [-0.25, -0.2) is 0 Å². The second-order valence-corrected chi connectivity index (χ2v) is 4.59. The van der Waals surface area contributed by atoms with Gasteiger partial charge in [-0.2, -0.15) is 0 Å². The fourth-order valence-electron chi connectivity index (χ4n) is 1.19. The number of allylic oxidation sites excluding steroid dienone is 3. The van der Waals surface area contributed by atoms with E-state index in [1.807, 2.05) is 20.9 Å². The summed E-state index contributed by atoms with van der Waals surface area (Å²) in [5.74, 6) is 0. The maximum Gasteiger partial charge on any atom is 0.0415 e. The van der Waals surface area contributed by atoms with E-state index in [-0.39, 0.29) is 5.41 Å². The summed E-state index contributed by atoms with van der Waals surface area (Å²) in [6, 6.07) is 0. The molecule has 0 spiro atoms. The Morgan fingerprint density at radius 3 is 2.07 bits per heavy atom. The molecule has 0 radical (unpaired) electrons. The van der Waals surface area contributed by atoms with Crippen LogP contribution in [-0.2, 0) is 0 Å². The van der Waals surface area contributed by atoms with Crippen LogP contribution in [0.25, 0.3) is 0 Å². The van der Waals surface area contributed by atoms with Crippen molar-refractivity contribution in [3.8, 4) is 0 Å². The largest absolute Gasteiger partial charge is 0.363 e. The Morgan fingerprint density at radius 1 is 1.29 bits per heavy atom.